The van der Waals surface area contributed by atoms with Crippen LogP contribution in [0, 0.1) is 6.92 Å². The molecule has 3 rings (SSSR count). The number of nitrogens with one attached hydrogen (secondary N) is 1. The van der Waals surface area contributed by atoms with E-state index in [0.717, 1.165) is 44.1 Å². The molecule has 4 nitrogen and oxygen atoms in total. The van der Waals surface area contributed by atoms with E-state index in [1.165, 1.54) is 42.5 Å². The van der Waals surface area contributed by atoms with Gasteiger partial charge in [-0.15, -0.1) is 11.3 Å². The largest absolute Gasteiger partial charge is 0.379 e. The van der Waals surface area contributed by atoms with Crippen LogP contribution in [0.2, 0.25) is 0 Å². The Morgan fingerprint density at radius 1 is 1.29 bits per heavy atom. The molecule has 1 aliphatic carbocycles. The van der Waals surface area contributed by atoms with Crippen molar-refractivity contribution in [2.75, 3.05) is 32.8 Å². The summed E-state index contributed by atoms with van der Waals surface area (Å²) in [6, 6.07) is 2.04. The van der Waals surface area contributed by atoms with Crippen molar-refractivity contribution >= 4 is 17.2 Å². The van der Waals surface area contributed by atoms with Crippen LogP contribution < -0.4 is 5.32 Å². The van der Waals surface area contributed by atoms with Gasteiger partial charge < -0.3 is 10.1 Å². The highest BCUT2D eigenvalue weighted by atomic mass is 32.1. The Bertz CT molecular complexity index is 558. The summed E-state index contributed by atoms with van der Waals surface area (Å²) in [5.74, 6) is 0.0982. The van der Waals surface area contributed by atoms with Gasteiger partial charge in [-0.1, -0.05) is 26.2 Å². The summed E-state index contributed by atoms with van der Waals surface area (Å²) in [5.41, 5.74) is 1.38. The van der Waals surface area contributed by atoms with Crippen LogP contribution in [-0.4, -0.2) is 49.2 Å². The van der Waals surface area contributed by atoms with Crippen molar-refractivity contribution in [1.82, 2.24) is 10.2 Å². The fourth-order valence-electron chi connectivity index (χ4n) is 4.17. The molecule has 1 saturated carbocycles. The second-order valence-electron chi connectivity index (χ2n) is 7.14. The first kappa shape index (κ1) is 17.9. The van der Waals surface area contributed by atoms with Crippen LogP contribution in [0.15, 0.2) is 6.07 Å². The third kappa shape index (κ3) is 3.84. The quantitative estimate of drug-likeness (QED) is 0.885. The van der Waals surface area contributed by atoms with Crippen molar-refractivity contribution in [3.05, 3.63) is 21.4 Å². The minimum absolute atomic E-state index is 0.0982. The number of amides is 1. The SMILES string of the molecule is CCc1sc(C(=O)NCC2(N3CCOCC3)CCCCC2)cc1C. The Morgan fingerprint density at radius 3 is 2.62 bits per heavy atom. The molecular formula is C19H30N2O2S. The van der Waals surface area contributed by atoms with Gasteiger partial charge in [0.05, 0.1) is 18.1 Å². The Balaban J connectivity index is 1.67. The number of carbonyl (C=O) groups excluding carboxylic acids is 1. The van der Waals surface area contributed by atoms with Gasteiger partial charge in [0.2, 0.25) is 0 Å². The topological polar surface area (TPSA) is 41.6 Å². The van der Waals surface area contributed by atoms with Crippen LogP contribution in [0.3, 0.4) is 0 Å². The Labute approximate surface area is 149 Å². The summed E-state index contributed by atoms with van der Waals surface area (Å²) in [5, 5.41) is 3.26. The molecule has 1 N–H and O–H groups in total. The van der Waals surface area contributed by atoms with Crippen LogP contribution >= 0.6 is 11.3 Å². The molecule has 0 bridgehead atoms. The summed E-state index contributed by atoms with van der Waals surface area (Å²) in [4.78, 5) is 17.4. The van der Waals surface area contributed by atoms with Crippen molar-refractivity contribution in [2.24, 2.45) is 0 Å². The molecule has 1 saturated heterocycles. The second kappa shape index (κ2) is 7.98. The van der Waals surface area contributed by atoms with Crippen molar-refractivity contribution in [3.63, 3.8) is 0 Å². The van der Waals surface area contributed by atoms with Crippen molar-refractivity contribution in [2.45, 2.75) is 57.9 Å². The molecular weight excluding hydrogens is 320 g/mol. The first-order chi connectivity index (χ1) is 11.6. The molecule has 1 amide bonds. The summed E-state index contributed by atoms with van der Waals surface area (Å²) in [6.45, 7) is 8.64. The smallest absolute Gasteiger partial charge is 0.261 e. The molecule has 0 aromatic carbocycles. The number of ether oxygens (including phenoxy) is 1. The highest BCUT2D eigenvalue weighted by Gasteiger charge is 2.38. The Morgan fingerprint density at radius 2 is 2.00 bits per heavy atom. The van der Waals surface area contributed by atoms with Crippen LogP contribution in [0.1, 0.15) is 59.1 Å². The summed E-state index contributed by atoms with van der Waals surface area (Å²) < 4.78 is 5.53. The molecule has 1 aromatic heterocycles. The van der Waals surface area contributed by atoms with E-state index in [0.29, 0.717) is 0 Å². The lowest BCUT2D eigenvalue weighted by Crippen LogP contribution is -2.59. The second-order valence-corrected chi connectivity index (χ2v) is 8.27. The molecule has 1 aromatic rings. The molecule has 0 atom stereocenters. The van der Waals surface area contributed by atoms with Crippen LogP contribution in [-0.2, 0) is 11.2 Å². The Hall–Kier alpha value is -0.910. The fourth-order valence-corrected chi connectivity index (χ4v) is 5.20. The van der Waals surface area contributed by atoms with Crippen molar-refractivity contribution < 1.29 is 9.53 Å². The van der Waals surface area contributed by atoms with Crippen LogP contribution in [0.5, 0.6) is 0 Å². The predicted molar refractivity (Wildman–Crippen MR) is 99.0 cm³/mol. The zero-order valence-corrected chi connectivity index (χ0v) is 15.8. The van der Waals surface area contributed by atoms with Gasteiger partial charge in [-0.2, -0.15) is 0 Å². The van der Waals surface area contributed by atoms with Crippen LogP contribution in [0.4, 0.5) is 0 Å². The summed E-state index contributed by atoms with van der Waals surface area (Å²) >= 11 is 1.64. The summed E-state index contributed by atoms with van der Waals surface area (Å²) in [6.07, 6.45) is 7.25. The van der Waals surface area contributed by atoms with Crippen molar-refractivity contribution in [1.29, 1.82) is 0 Å². The monoisotopic (exact) mass is 350 g/mol. The predicted octanol–water partition coefficient (Wildman–Crippen LogP) is 3.38. The van der Waals surface area contributed by atoms with E-state index in [1.54, 1.807) is 11.3 Å². The lowest BCUT2D eigenvalue weighted by molar-refractivity contribution is -0.0361. The zero-order chi connectivity index (χ0) is 17.0. The van der Waals surface area contributed by atoms with E-state index in [2.05, 4.69) is 24.1 Å². The van der Waals surface area contributed by atoms with E-state index in [9.17, 15) is 4.79 Å². The van der Waals surface area contributed by atoms with E-state index in [1.807, 2.05) is 6.07 Å². The first-order valence-electron chi connectivity index (χ1n) is 9.35. The summed E-state index contributed by atoms with van der Waals surface area (Å²) in [7, 11) is 0. The normalized spacial score (nSPS) is 21.6. The number of hydrogen-bond acceptors (Lipinski definition) is 4. The number of hydrogen-bond donors (Lipinski definition) is 1. The number of carbonyl (C=O) groups is 1. The Kier molecular flexibility index (Phi) is 5.95. The molecule has 2 heterocycles. The third-order valence-corrected chi connectivity index (χ3v) is 6.99. The average molecular weight is 351 g/mol. The molecule has 1 aliphatic heterocycles. The van der Waals surface area contributed by atoms with Crippen LogP contribution in [0.25, 0.3) is 0 Å². The molecule has 2 fully saturated rings. The van der Waals surface area contributed by atoms with Gasteiger partial charge in [0.1, 0.15) is 0 Å². The number of rotatable bonds is 5. The lowest BCUT2D eigenvalue weighted by atomic mass is 9.79. The van der Waals surface area contributed by atoms with Gasteiger partial charge in [-0.3, -0.25) is 9.69 Å². The standard InChI is InChI=1S/C19H30N2O2S/c1-3-16-15(2)13-17(24-16)18(22)20-14-19(7-5-4-6-8-19)21-9-11-23-12-10-21/h13H,3-12,14H2,1-2H3,(H,20,22). The van der Waals surface area contributed by atoms with Gasteiger partial charge in [0, 0.05) is 30.1 Å². The third-order valence-electron chi connectivity index (χ3n) is 5.61. The minimum atomic E-state index is 0.0982. The number of thiophene rings is 1. The maximum atomic E-state index is 12.6. The van der Waals surface area contributed by atoms with Crippen molar-refractivity contribution in [3.8, 4) is 0 Å². The lowest BCUT2D eigenvalue weighted by Gasteiger charge is -2.48. The minimum Gasteiger partial charge on any atom is -0.379 e. The maximum absolute atomic E-state index is 12.6. The van der Waals surface area contributed by atoms with Gasteiger partial charge >= 0.3 is 0 Å². The van der Waals surface area contributed by atoms with E-state index in [4.69, 9.17) is 4.74 Å². The van der Waals surface area contributed by atoms with Gasteiger partial charge in [0.25, 0.3) is 5.91 Å². The molecule has 0 radical (unpaired) electrons. The van der Waals surface area contributed by atoms with Gasteiger partial charge in [-0.25, -0.2) is 0 Å². The van der Waals surface area contributed by atoms with Gasteiger partial charge in [0.15, 0.2) is 0 Å². The molecule has 0 unspecified atom stereocenters. The first-order valence-corrected chi connectivity index (χ1v) is 10.2. The number of aryl methyl sites for hydroxylation is 2. The molecule has 0 spiro atoms. The average Bonchev–Trinajstić information content (AvgIpc) is 3.02. The van der Waals surface area contributed by atoms with E-state index in [-0.39, 0.29) is 11.4 Å². The fraction of sp³-hybridized carbons (Fsp3) is 0.737. The molecule has 24 heavy (non-hydrogen) atoms. The molecule has 2 aliphatic rings. The molecule has 5 heteroatoms. The maximum Gasteiger partial charge on any atom is 0.261 e. The highest BCUT2D eigenvalue weighted by Crippen LogP contribution is 2.34. The number of nitrogens with zero attached hydrogens (tertiary/aromatic N) is 1. The highest BCUT2D eigenvalue weighted by molar-refractivity contribution is 7.14. The van der Waals surface area contributed by atoms with E-state index < -0.39 is 0 Å². The number of morpholine rings is 1. The van der Waals surface area contributed by atoms with E-state index >= 15 is 0 Å². The molecule has 134 valence electrons. The zero-order valence-electron chi connectivity index (χ0n) is 15.0. The van der Waals surface area contributed by atoms with Gasteiger partial charge in [-0.05, 0) is 37.8 Å².